The minimum atomic E-state index is -0.453. The summed E-state index contributed by atoms with van der Waals surface area (Å²) >= 11 is 0. The van der Waals surface area contributed by atoms with Crippen LogP contribution in [0.15, 0.2) is 46.5 Å². The van der Waals surface area contributed by atoms with Crippen LogP contribution in [0.5, 0.6) is 0 Å². The number of carbonyl (C=O) groups is 2. The molecule has 3 fully saturated rings. The number of ether oxygens (including phenoxy) is 2. The van der Waals surface area contributed by atoms with Crippen LogP contribution in [-0.2, 0) is 19.1 Å². The molecule has 4 unspecified atom stereocenters. The molecule has 0 amide bonds. The molecule has 1 saturated heterocycles. The van der Waals surface area contributed by atoms with Crippen molar-refractivity contribution in [2.24, 2.45) is 29.1 Å². The van der Waals surface area contributed by atoms with Gasteiger partial charge in [-0.05, 0) is 74.9 Å². The number of fused-ring (bicyclic) bond motifs is 1. The summed E-state index contributed by atoms with van der Waals surface area (Å²) in [4.78, 5) is 26.1. The predicted octanol–water partition coefficient (Wildman–Crippen LogP) is 6.30. The SMILES string of the molecule is CCCC=C1OC(=O)C2=CC3CCC12C1C2=C(CCC31)C(=CCCC1CCCC1)OC2=O. The summed E-state index contributed by atoms with van der Waals surface area (Å²) in [6.45, 7) is 2.14. The Morgan fingerprint density at radius 1 is 1.03 bits per heavy atom. The number of hydrogen-bond acceptors (Lipinski definition) is 4. The van der Waals surface area contributed by atoms with Crippen LogP contribution < -0.4 is 0 Å². The Morgan fingerprint density at radius 3 is 2.69 bits per heavy atom. The van der Waals surface area contributed by atoms with Crippen LogP contribution >= 0.6 is 0 Å². The zero-order valence-corrected chi connectivity index (χ0v) is 19.2. The first-order valence-corrected chi connectivity index (χ1v) is 12.9. The second-order valence-electron chi connectivity index (χ2n) is 10.8. The summed E-state index contributed by atoms with van der Waals surface area (Å²) in [5.74, 6) is 2.88. The average Bonchev–Trinajstić information content (AvgIpc) is 3.51. The highest BCUT2D eigenvalue weighted by molar-refractivity contribution is 5.99. The normalized spacial score (nSPS) is 38.2. The van der Waals surface area contributed by atoms with Crippen molar-refractivity contribution < 1.29 is 19.1 Å². The van der Waals surface area contributed by atoms with Gasteiger partial charge in [-0.1, -0.05) is 45.1 Å². The predicted molar refractivity (Wildman–Crippen MR) is 121 cm³/mol. The van der Waals surface area contributed by atoms with E-state index in [9.17, 15) is 9.59 Å². The first kappa shape index (κ1) is 20.5. The lowest BCUT2D eigenvalue weighted by atomic mass is 9.47. The number of rotatable bonds is 5. The largest absolute Gasteiger partial charge is 0.427 e. The van der Waals surface area contributed by atoms with Gasteiger partial charge in [0, 0.05) is 22.6 Å². The van der Waals surface area contributed by atoms with Gasteiger partial charge in [0.2, 0.25) is 0 Å². The van der Waals surface area contributed by atoms with Gasteiger partial charge in [0.15, 0.2) is 0 Å². The Balaban J connectivity index is 1.38. The molecule has 0 aromatic rings. The Labute approximate surface area is 190 Å². The first-order chi connectivity index (χ1) is 15.6. The molecule has 4 heteroatoms. The van der Waals surface area contributed by atoms with Crippen molar-refractivity contribution >= 4 is 11.9 Å². The maximum Gasteiger partial charge on any atom is 0.340 e. The number of unbranched alkanes of at least 4 members (excludes halogenated alkanes) is 1. The molecule has 5 aliphatic carbocycles. The number of esters is 2. The Bertz CT molecular complexity index is 973. The van der Waals surface area contributed by atoms with Gasteiger partial charge in [-0.3, -0.25) is 0 Å². The standard InChI is InChI=1S/C28H34O4/c1-2-3-11-23-28-15-14-18(16-21(28)26(29)32-23)19-12-13-20-22(31-27(30)24(20)25(19)28)10-6-9-17-7-4-5-8-17/h10-11,16-19,25H,2-9,12-15H2,1H3. The third-order valence-corrected chi connectivity index (χ3v) is 9.19. The lowest BCUT2D eigenvalue weighted by Gasteiger charge is -2.54. The molecule has 7 rings (SSSR count). The van der Waals surface area contributed by atoms with Crippen LogP contribution in [0.2, 0.25) is 0 Å². The van der Waals surface area contributed by atoms with Gasteiger partial charge in [0.05, 0.1) is 5.41 Å². The summed E-state index contributed by atoms with van der Waals surface area (Å²) < 4.78 is 11.8. The summed E-state index contributed by atoms with van der Waals surface area (Å²) in [7, 11) is 0. The van der Waals surface area contributed by atoms with E-state index in [-0.39, 0.29) is 17.9 Å². The topological polar surface area (TPSA) is 52.6 Å². The Morgan fingerprint density at radius 2 is 1.88 bits per heavy atom. The molecule has 2 heterocycles. The minimum absolute atomic E-state index is 0.0211. The van der Waals surface area contributed by atoms with E-state index in [0.717, 1.165) is 79.1 Å². The molecule has 0 N–H and O–H groups in total. The minimum Gasteiger partial charge on any atom is -0.427 e. The fourth-order valence-electron chi connectivity index (χ4n) is 7.76. The number of hydrogen-bond donors (Lipinski definition) is 0. The smallest absolute Gasteiger partial charge is 0.340 e. The molecule has 2 bridgehead atoms. The molecule has 0 radical (unpaired) electrons. The molecule has 170 valence electrons. The zero-order chi connectivity index (χ0) is 21.9. The van der Waals surface area contributed by atoms with E-state index < -0.39 is 5.41 Å². The first-order valence-electron chi connectivity index (χ1n) is 12.9. The number of carbonyl (C=O) groups excluding carboxylic acids is 2. The van der Waals surface area contributed by atoms with E-state index in [4.69, 9.17) is 9.47 Å². The van der Waals surface area contributed by atoms with Crippen molar-refractivity contribution in [3.8, 4) is 0 Å². The maximum atomic E-state index is 13.3. The van der Waals surface area contributed by atoms with Crippen LogP contribution in [0.4, 0.5) is 0 Å². The molecule has 2 saturated carbocycles. The van der Waals surface area contributed by atoms with Gasteiger partial charge >= 0.3 is 11.9 Å². The second-order valence-corrected chi connectivity index (χ2v) is 10.8. The van der Waals surface area contributed by atoms with Crippen molar-refractivity contribution in [2.45, 2.75) is 84.0 Å². The van der Waals surface area contributed by atoms with E-state index in [0.29, 0.717) is 11.8 Å². The highest BCUT2D eigenvalue weighted by Gasteiger charge is 2.66. The van der Waals surface area contributed by atoms with Crippen LogP contribution in [0.1, 0.15) is 84.0 Å². The number of cyclic esters (lactones) is 2. The van der Waals surface area contributed by atoms with E-state index in [1.54, 1.807) is 0 Å². The molecule has 0 aromatic heterocycles. The highest BCUT2D eigenvalue weighted by atomic mass is 16.5. The molecule has 32 heavy (non-hydrogen) atoms. The van der Waals surface area contributed by atoms with Crippen LogP contribution in [0.25, 0.3) is 0 Å². The molecule has 4 nitrogen and oxygen atoms in total. The van der Waals surface area contributed by atoms with E-state index >= 15 is 0 Å². The van der Waals surface area contributed by atoms with E-state index in [1.807, 2.05) is 0 Å². The molecule has 4 atom stereocenters. The van der Waals surface area contributed by atoms with Crippen molar-refractivity contribution in [2.75, 3.05) is 0 Å². The second kappa shape index (κ2) is 7.74. The zero-order valence-electron chi connectivity index (χ0n) is 19.2. The van der Waals surface area contributed by atoms with Crippen molar-refractivity contribution in [1.82, 2.24) is 0 Å². The Hall–Kier alpha value is -2.10. The fraction of sp³-hybridized carbons (Fsp3) is 0.643. The highest BCUT2D eigenvalue weighted by Crippen LogP contribution is 2.68. The monoisotopic (exact) mass is 434 g/mol. The molecule has 1 spiro atoms. The van der Waals surface area contributed by atoms with Gasteiger partial charge in [0.25, 0.3) is 0 Å². The average molecular weight is 435 g/mol. The van der Waals surface area contributed by atoms with Gasteiger partial charge < -0.3 is 9.47 Å². The third kappa shape index (κ3) is 2.87. The van der Waals surface area contributed by atoms with E-state index in [1.165, 1.54) is 32.1 Å². The molecule has 7 aliphatic rings. The quantitative estimate of drug-likeness (QED) is 0.477. The fourth-order valence-corrected chi connectivity index (χ4v) is 7.76. The molecular formula is C28H34O4. The number of allylic oxidation sites excluding steroid dienone is 5. The van der Waals surface area contributed by atoms with E-state index in [2.05, 4.69) is 25.2 Å². The molecule has 2 aliphatic heterocycles. The third-order valence-electron chi connectivity index (χ3n) is 9.19. The van der Waals surface area contributed by atoms with Gasteiger partial charge in [-0.25, -0.2) is 9.59 Å². The lowest BCUT2D eigenvalue weighted by molar-refractivity contribution is -0.135. The Kier molecular flexibility index (Phi) is 4.96. The van der Waals surface area contributed by atoms with Crippen LogP contribution in [0, 0.1) is 29.1 Å². The van der Waals surface area contributed by atoms with Crippen molar-refractivity contribution in [1.29, 1.82) is 0 Å². The van der Waals surface area contributed by atoms with Gasteiger partial charge in [-0.2, -0.15) is 0 Å². The maximum absolute atomic E-state index is 13.3. The molecule has 0 aromatic carbocycles. The summed E-state index contributed by atoms with van der Waals surface area (Å²) in [5, 5.41) is 0. The molecular weight excluding hydrogens is 400 g/mol. The van der Waals surface area contributed by atoms with Crippen molar-refractivity contribution in [3.63, 3.8) is 0 Å². The lowest BCUT2D eigenvalue weighted by Crippen LogP contribution is -2.50. The van der Waals surface area contributed by atoms with Gasteiger partial charge in [-0.15, -0.1) is 0 Å². The van der Waals surface area contributed by atoms with Gasteiger partial charge in [0.1, 0.15) is 11.5 Å². The van der Waals surface area contributed by atoms with Crippen LogP contribution in [-0.4, -0.2) is 11.9 Å². The van der Waals surface area contributed by atoms with Crippen molar-refractivity contribution in [3.05, 3.63) is 46.5 Å². The van der Waals surface area contributed by atoms with Crippen LogP contribution in [0.3, 0.4) is 0 Å². The summed E-state index contributed by atoms with van der Waals surface area (Å²) in [6, 6.07) is 0. The summed E-state index contributed by atoms with van der Waals surface area (Å²) in [6.07, 6.45) is 20.0. The summed E-state index contributed by atoms with van der Waals surface area (Å²) in [5.41, 5.74) is 2.35.